The van der Waals surface area contributed by atoms with Crippen LogP contribution in [-0.2, 0) is 11.3 Å². The average Bonchev–Trinajstić information content (AvgIpc) is 2.78. The molecule has 156 valence electrons. The van der Waals surface area contributed by atoms with Crippen molar-refractivity contribution in [3.8, 4) is 11.6 Å². The minimum absolute atomic E-state index is 0.356. The Morgan fingerprint density at radius 2 is 1.90 bits per heavy atom. The van der Waals surface area contributed by atoms with Crippen LogP contribution in [0.3, 0.4) is 0 Å². The smallest absolute Gasteiger partial charge is 0.250 e. The number of benzene rings is 2. The van der Waals surface area contributed by atoms with E-state index in [1.807, 2.05) is 24.3 Å². The molecule has 6 nitrogen and oxygen atoms in total. The number of fused-ring (bicyclic) bond motifs is 1. The molecule has 2 aromatic carbocycles. The number of nitrogens with zero attached hydrogens (tertiary/aromatic N) is 1. The molecule has 4 rings (SSSR count). The van der Waals surface area contributed by atoms with E-state index in [4.69, 9.17) is 15.2 Å². The Kier molecular flexibility index (Phi) is 6.57. The van der Waals surface area contributed by atoms with E-state index in [0.717, 1.165) is 48.7 Å². The van der Waals surface area contributed by atoms with Crippen LogP contribution in [0.5, 0.6) is 11.6 Å². The van der Waals surface area contributed by atoms with Gasteiger partial charge >= 0.3 is 0 Å². The zero-order chi connectivity index (χ0) is 20.8. The number of pyridine rings is 1. The van der Waals surface area contributed by atoms with Gasteiger partial charge < -0.3 is 20.5 Å². The Balaban J connectivity index is 1.43. The normalized spacial score (nSPS) is 14.7. The molecule has 3 aromatic rings. The van der Waals surface area contributed by atoms with E-state index >= 15 is 0 Å². The molecule has 1 aliphatic rings. The Bertz CT molecular complexity index is 998. The number of primary amides is 1. The second kappa shape index (κ2) is 9.69. The molecule has 2 heterocycles. The monoisotopic (exact) mass is 405 g/mol. The van der Waals surface area contributed by atoms with Crippen molar-refractivity contribution in [2.75, 3.05) is 19.8 Å². The molecule has 0 aliphatic carbocycles. The van der Waals surface area contributed by atoms with Gasteiger partial charge in [-0.15, -0.1) is 0 Å². The first-order chi connectivity index (χ1) is 14.7. The van der Waals surface area contributed by atoms with Gasteiger partial charge in [-0.25, -0.2) is 4.98 Å². The Labute approximate surface area is 176 Å². The molecular weight excluding hydrogens is 378 g/mol. The lowest BCUT2D eigenvalue weighted by Crippen LogP contribution is -2.22. The molecular formula is C24H27N3O3. The quantitative estimate of drug-likeness (QED) is 0.553. The van der Waals surface area contributed by atoms with Crippen LogP contribution in [0.4, 0.5) is 0 Å². The van der Waals surface area contributed by atoms with Crippen molar-refractivity contribution in [2.45, 2.75) is 25.8 Å². The molecule has 1 amide bonds. The van der Waals surface area contributed by atoms with Crippen molar-refractivity contribution in [3.05, 3.63) is 65.9 Å². The lowest BCUT2D eigenvalue weighted by Gasteiger charge is -2.22. The molecule has 0 saturated carbocycles. The summed E-state index contributed by atoms with van der Waals surface area (Å²) < 4.78 is 11.4. The van der Waals surface area contributed by atoms with Gasteiger partial charge in [0.1, 0.15) is 5.75 Å². The van der Waals surface area contributed by atoms with Crippen LogP contribution in [0.2, 0.25) is 0 Å². The predicted molar refractivity (Wildman–Crippen MR) is 117 cm³/mol. The summed E-state index contributed by atoms with van der Waals surface area (Å²) in [5, 5.41) is 5.77. The number of hydrogen-bond donors (Lipinski definition) is 2. The number of rotatable bonds is 8. The Morgan fingerprint density at radius 1 is 1.10 bits per heavy atom. The number of ether oxygens (including phenoxy) is 2. The van der Waals surface area contributed by atoms with Crippen LogP contribution >= 0.6 is 0 Å². The van der Waals surface area contributed by atoms with E-state index < -0.39 is 5.91 Å². The van der Waals surface area contributed by atoms with Crippen LogP contribution in [0.15, 0.2) is 54.7 Å². The maximum atomic E-state index is 11.2. The van der Waals surface area contributed by atoms with E-state index in [1.54, 1.807) is 12.1 Å². The van der Waals surface area contributed by atoms with Gasteiger partial charge in [-0.05, 0) is 54.8 Å². The maximum Gasteiger partial charge on any atom is 0.250 e. The third-order valence-corrected chi connectivity index (χ3v) is 5.59. The van der Waals surface area contributed by atoms with Gasteiger partial charge in [0.15, 0.2) is 0 Å². The summed E-state index contributed by atoms with van der Waals surface area (Å²) in [6.07, 6.45) is 4.96. The number of amides is 1. The van der Waals surface area contributed by atoms with E-state index in [2.05, 4.69) is 22.4 Å². The minimum Gasteiger partial charge on any atom is -0.438 e. The third kappa shape index (κ3) is 4.96. The molecule has 1 aliphatic heterocycles. The first-order valence-electron chi connectivity index (χ1n) is 10.4. The summed E-state index contributed by atoms with van der Waals surface area (Å²) in [6, 6.07) is 15.5. The number of nitrogens with two attached hydrogens (primary N) is 1. The van der Waals surface area contributed by atoms with Gasteiger partial charge in [0, 0.05) is 37.4 Å². The first-order valence-corrected chi connectivity index (χ1v) is 10.4. The van der Waals surface area contributed by atoms with Crippen LogP contribution in [0, 0.1) is 5.92 Å². The van der Waals surface area contributed by atoms with Crippen LogP contribution in [-0.4, -0.2) is 30.6 Å². The molecule has 0 unspecified atom stereocenters. The summed E-state index contributed by atoms with van der Waals surface area (Å²) in [6.45, 7) is 3.62. The van der Waals surface area contributed by atoms with Crippen LogP contribution < -0.4 is 15.8 Å². The summed E-state index contributed by atoms with van der Waals surface area (Å²) in [4.78, 5) is 15.4. The zero-order valence-electron chi connectivity index (χ0n) is 17.0. The molecule has 0 bridgehead atoms. The molecule has 6 heteroatoms. The highest BCUT2D eigenvalue weighted by Crippen LogP contribution is 2.31. The van der Waals surface area contributed by atoms with Crippen molar-refractivity contribution in [1.29, 1.82) is 0 Å². The van der Waals surface area contributed by atoms with Gasteiger partial charge in [0.25, 0.3) is 0 Å². The topological polar surface area (TPSA) is 86.5 Å². The fourth-order valence-corrected chi connectivity index (χ4v) is 3.85. The number of carbonyl (C=O) groups is 1. The van der Waals surface area contributed by atoms with Crippen LogP contribution in [0.25, 0.3) is 10.8 Å². The lowest BCUT2D eigenvalue weighted by atomic mass is 9.96. The number of carbonyl (C=O) groups excluding carboxylic acids is 1. The van der Waals surface area contributed by atoms with Gasteiger partial charge in [0.05, 0.1) is 5.56 Å². The fraction of sp³-hybridized carbons (Fsp3) is 0.333. The summed E-state index contributed by atoms with van der Waals surface area (Å²) in [5.74, 6) is 1.42. The van der Waals surface area contributed by atoms with Gasteiger partial charge in [-0.2, -0.15) is 0 Å². The van der Waals surface area contributed by atoms with Crippen molar-refractivity contribution in [3.63, 3.8) is 0 Å². The largest absolute Gasteiger partial charge is 0.438 e. The molecule has 1 saturated heterocycles. The van der Waals surface area contributed by atoms with E-state index in [1.165, 1.54) is 31.0 Å². The van der Waals surface area contributed by atoms with E-state index in [9.17, 15) is 4.79 Å². The molecule has 0 spiro atoms. The minimum atomic E-state index is -0.506. The number of aromatic nitrogens is 1. The third-order valence-electron chi connectivity index (χ3n) is 5.59. The highest BCUT2D eigenvalue weighted by Gasteiger charge is 2.13. The van der Waals surface area contributed by atoms with Crippen molar-refractivity contribution in [1.82, 2.24) is 10.3 Å². The second-order valence-electron chi connectivity index (χ2n) is 7.64. The summed E-state index contributed by atoms with van der Waals surface area (Å²) in [5.41, 5.74) is 6.86. The lowest BCUT2D eigenvalue weighted by molar-refractivity contribution is 0.0639. The molecule has 1 aromatic heterocycles. The van der Waals surface area contributed by atoms with Gasteiger partial charge in [0.2, 0.25) is 11.8 Å². The SMILES string of the molecule is NC(=O)c1ccc(Oc2cccc3c(CNCCC4CCOCC4)cccc23)nc1. The maximum absolute atomic E-state index is 11.2. The standard InChI is InChI=1S/C24H27N3O3/c25-24(28)19-7-8-23(27-16-19)30-22-6-2-4-20-18(3-1-5-21(20)22)15-26-12-9-17-10-13-29-14-11-17/h1-8,16-17,26H,9-15H2,(H2,25,28). The predicted octanol–water partition coefficient (Wildman–Crippen LogP) is 4.03. The highest BCUT2D eigenvalue weighted by molar-refractivity contribution is 5.92. The molecule has 1 fully saturated rings. The molecule has 3 N–H and O–H groups in total. The molecule has 0 radical (unpaired) electrons. The number of nitrogens with one attached hydrogen (secondary N) is 1. The Hall–Kier alpha value is -2.96. The van der Waals surface area contributed by atoms with Crippen molar-refractivity contribution in [2.24, 2.45) is 11.7 Å². The molecule has 0 atom stereocenters. The highest BCUT2D eigenvalue weighted by atomic mass is 16.5. The van der Waals surface area contributed by atoms with E-state index in [0.29, 0.717) is 11.4 Å². The van der Waals surface area contributed by atoms with Gasteiger partial charge in [-0.3, -0.25) is 4.79 Å². The van der Waals surface area contributed by atoms with Crippen molar-refractivity contribution >= 4 is 16.7 Å². The second-order valence-corrected chi connectivity index (χ2v) is 7.64. The summed E-state index contributed by atoms with van der Waals surface area (Å²) >= 11 is 0. The van der Waals surface area contributed by atoms with Gasteiger partial charge in [-0.1, -0.05) is 30.3 Å². The average molecular weight is 405 g/mol. The number of hydrogen-bond acceptors (Lipinski definition) is 5. The Morgan fingerprint density at radius 3 is 2.67 bits per heavy atom. The van der Waals surface area contributed by atoms with Crippen LogP contribution in [0.1, 0.15) is 35.2 Å². The molecule has 30 heavy (non-hydrogen) atoms. The van der Waals surface area contributed by atoms with Crippen molar-refractivity contribution < 1.29 is 14.3 Å². The zero-order valence-corrected chi connectivity index (χ0v) is 17.0. The fourth-order valence-electron chi connectivity index (χ4n) is 3.85. The van der Waals surface area contributed by atoms with E-state index in [-0.39, 0.29) is 0 Å². The first kappa shape index (κ1) is 20.3. The summed E-state index contributed by atoms with van der Waals surface area (Å²) in [7, 11) is 0.